The summed E-state index contributed by atoms with van der Waals surface area (Å²) < 4.78 is 57.4. The highest BCUT2D eigenvalue weighted by molar-refractivity contribution is 7.89. The minimum atomic E-state index is -4.20. The Bertz CT molecular complexity index is 1380. The molecule has 0 atom stereocenters. The molecule has 1 aromatic heterocycles. The van der Waals surface area contributed by atoms with E-state index in [9.17, 15) is 26.8 Å². The van der Waals surface area contributed by atoms with Gasteiger partial charge in [-0.05, 0) is 52.0 Å². The van der Waals surface area contributed by atoms with Crippen LogP contribution in [0.4, 0.5) is 8.78 Å². The number of carboxylic acid groups (broad SMARTS) is 1. The minimum absolute atomic E-state index is 0.0478. The number of nitrogens with one attached hydrogen (secondary N) is 2. The van der Waals surface area contributed by atoms with E-state index in [-0.39, 0.29) is 22.5 Å². The van der Waals surface area contributed by atoms with E-state index in [1.54, 1.807) is 20.8 Å². The Kier molecular flexibility index (Phi) is 9.23. The molecule has 1 heterocycles. The van der Waals surface area contributed by atoms with Gasteiger partial charge >= 0.3 is 5.97 Å². The normalized spacial score (nSPS) is 20.4. The number of carboxylic acids is 1. The second-order valence-corrected chi connectivity index (χ2v) is 14.7. The molecule has 1 aromatic carbocycles. The molecule has 1 amide bonds. The summed E-state index contributed by atoms with van der Waals surface area (Å²) in [6, 6.07) is 2.23. The molecule has 3 N–H and O–H groups in total. The van der Waals surface area contributed by atoms with E-state index in [2.05, 4.69) is 15.0 Å². The van der Waals surface area contributed by atoms with Crippen LogP contribution in [0.2, 0.25) is 5.02 Å². The van der Waals surface area contributed by atoms with Crippen LogP contribution in [0, 0.1) is 11.8 Å². The monoisotopic (exact) mass is 617 g/mol. The molecule has 220 valence electrons. The van der Waals surface area contributed by atoms with Gasteiger partial charge in [0.2, 0.25) is 10.0 Å². The molecular formula is C27H34ClF2N3O5S2. The fraction of sp³-hybridized carbons (Fsp3) is 0.593. The standard InChI is InChI=1S/C27H34ClF2N3O5S2/c1-27(2,3)33-40(37,38)19-10-9-17(20(21(19)28)23(29)30)22-18(11-14-7-5-4-6-8-14)32-25(39-22)24(34)31-16-12-15(13-16)26(35)36/h9-10,14-16,23,33H,4-8,11-13H2,1-3H3,(H,31,34)(H,35,36). The van der Waals surface area contributed by atoms with Crippen LogP contribution in [0.15, 0.2) is 17.0 Å². The number of aromatic nitrogens is 1. The summed E-state index contributed by atoms with van der Waals surface area (Å²) in [5, 5.41) is 11.4. The van der Waals surface area contributed by atoms with Crippen molar-refractivity contribution < 1.29 is 31.9 Å². The first-order valence-electron chi connectivity index (χ1n) is 13.3. The highest BCUT2D eigenvalue weighted by Gasteiger charge is 2.36. The quantitative estimate of drug-likeness (QED) is 0.308. The lowest BCUT2D eigenvalue weighted by Gasteiger charge is -2.32. The molecule has 0 aliphatic heterocycles. The number of halogens is 3. The summed E-state index contributed by atoms with van der Waals surface area (Å²) >= 11 is 7.34. The molecule has 2 fully saturated rings. The first-order chi connectivity index (χ1) is 18.7. The Balaban J connectivity index is 1.73. The highest BCUT2D eigenvalue weighted by Crippen LogP contribution is 2.44. The first-order valence-corrected chi connectivity index (χ1v) is 16.0. The average Bonchev–Trinajstić information content (AvgIpc) is 3.22. The summed E-state index contributed by atoms with van der Waals surface area (Å²) in [4.78, 5) is 28.6. The van der Waals surface area contributed by atoms with Gasteiger partial charge in [0.1, 0.15) is 4.90 Å². The van der Waals surface area contributed by atoms with Crippen LogP contribution < -0.4 is 10.0 Å². The van der Waals surface area contributed by atoms with Crippen LogP contribution >= 0.6 is 22.9 Å². The Labute approximate surface area is 242 Å². The van der Waals surface area contributed by atoms with Gasteiger partial charge in [0.05, 0.1) is 21.5 Å². The van der Waals surface area contributed by atoms with E-state index in [0.717, 1.165) is 43.4 Å². The zero-order chi connectivity index (χ0) is 29.4. The van der Waals surface area contributed by atoms with E-state index >= 15 is 0 Å². The van der Waals surface area contributed by atoms with E-state index in [1.165, 1.54) is 12.1 Å². The first kappa shape index (κ1) is 30.8. The van der Waals surface area contributed by atoms with Crippen molar-refractivity contribution in [2.45, 2.75) is 95.0 Å². The number of amides is 1. The largest absolute Gasteiger partial charge is 0.481 e. The molecule has 0 unspecified atom stereocenters. The number of aliphatic carboxylic acids is 1. The summed E-state index contributed by atoms with van der Waals surface area (Å²) in [5.74, 6) is -1.61. The van der Waals surface area contributed by atoms with Crippen LogP contribution in [-0.2, 0) is 21.2 Å². The van der Waals surface area contributed by atoms with Gasteiger partial charge in [0.15, 0.2) is 5.01 Å². The van der Waals surface area contributed by atoms with Crippen molar-refractivity contribution in [1.29, 1.82) is 0 Å². The Morgan fingerprint density at radius 2 is 1.82 bits per heavy atom. The van der Waals surface area contributed by atoms with E-state index in [1.807, 2.05) is 0 Å². The van der Waals surface area contributed by atoms with Gasteiger partial charge < -0.3 is 10.4 Å². The molecule has 8 nitrogen and oxygen atoms in total. The predicted molar refractivity (Wildman–Crippen MR) is 149 cm³/mol. The number of thiazole rings is 1. The lowest BCUT2D eigenvalue weighted by atomic mass is 9.80. The van der Waals surface area contributed by atoms with E-state index in [4.69, 9.17) is 16.7 Å². The predicted octanol–water partition coefficient (Wildman–Crippen LogP) is 6.19. The Hall–Kier alpha value is -2.15. The third kappa shape index (κ3) is 7.00. The maximum atomic E-state index is 14.5. The topological polar surface area (TPSA) is 125 Å². The van der Waals surface area contributed by atoms with Crippen LogP contribution in [0.3, 0.4) is 0 Å². The molecule has 2 aliphatic rings. The number of carbonyl (C=O) groups excluding carboxylic acids is 1. The van der Waals surface area contributed by atoms with Gasteiger partial charge in [-0.15, -0.1) is 11.3 Å². The van der Waals surface area contributed by atoms with Gasteiger partial charge in [-0.25, -0.2) is 26.9 Å². The molecule has 2 aliphatic carbocycles. The SMILES string of the molecule is CC(C)(C)NS(=O)(=O)c1ccc(-c2sc(C(=O)NC3CC(C(=O)O)C3)nc2CC2CCCCC2)c(C(F)F)c1Cl. The van der Waals surface area contributed by atoms with Crippen molar-refractivity contribution in [3.8, 4) is 10.4 Å². The number of nitrogens with zero attached hydrogens (tertiary/aromatic N) is 1. The maximum absolute atomic E-state index is 14.5. The lowest BCUT2D eigenvalue weighted by molar-refractivity contribution is -0.145. The van der Waals surface area contributed by atoms with Crippen molar-refractivity contribution in [2.24, 2.45) is 11.8 Å². The van der Waals surface area contributed by atoms with Crippen molar-refractivity contribution in [1.82, 2.24) is 15.0 Å². The van der Waals surface area contributed by atoms with E-state index in [0.29, 0.717) is 29.8 Å². The van der Waals surface area contributed by atoms with Gasteiger partial charge in [-0.1, -0.05) is 49.8 Å². The Morgan fingerprint density at radius 3 is 2.40 bits per heavy atom. The summed E-state index contributed by atoms with van der Waals surface area (Å²) in [5.41, 5.74) is -0.932. The molecule has 0 spiro atoms. The van der Waals surface area contributed by atoms with Gasteiger partial charge in [-0.3, -0.25) is 9.59 Å². The molecular weight excluding hydrogens is 584 g/mol. The molecule has 40 heavy (non-hydrogen) atoms. The van der Waals surface area contributed by atoms with Crippen LogP contribution in [0.1, 0.15) is 93.2 Å². The minimum Gasteiger partial charge on any atom is -0.481 e. The van der Waals surface area contributed by atoms with Crippen LogP contribution in [0.5, 0.6) is 0 Å². The molecule has 0 radical (unpaired) electrons. The number of sulfonamides is 1. The number of alkyl halides is 2. The smallest absolute Gasteiger partial charge is 0.306 e. The zero-order valence-corrected chi connectivity index (χ0v) is 25.0. The maximum Gasteiger partial charge on any atom is 0.306 e. The van der Waals surface area contributed by atoms with Crippen molar-refractivity contribution >= 4 is 44.8 Å². The van der Waals surface area contributed by atoms with Crippen molar-refractivity contribution in [3.05, 3.63) is 33.4 Å². The molecule has 0 saturated heterocycles. The zero-order valence-electron chi connectivity index (χ0n) is 22.6. The molecule has 4 rings (SSSR count). The summed E-state index contributed by atoms with van der Waals surface area (Å²) in [7, 11) is -4.20. The lowest BCUT2D eigenvalue weighted by Crippen LogP contribution is -2.46. The number of hydrogen-bond acceptors (Lipinski definition) is 6. The number of benzene rings is 1. The van der Waals surface area contributed by atoms with Gasteiger partial charge in [-0.2, -0.15) is 0 Å². The third-order valence-electron chi connectivity index (χ3n) is 7.26. The van der Waals surface area contributed by atoms with Gasteiger partial charge in [0.25, 0.3) is 12.3 Å². The van der Waals surface area contributed by atoms with Crippen LogP contribution in [0.25, 0.3) is 10.4 Å². The van der Waals surface area contributed by atoms with Crippen LogP contribution in [-0.4, -0.2) is 42.0 Å². The van der Waals surface area contributed by atoms with Gasteiger partial charge in [0, 0.05) is 22.7 Å². The van der Waals surface area contributed by atoms with E-state index < -0.39 is 55.3 Å². The molecule has 2 aromatic rings. The number of hydrogen-bond donors (Lipinski definition) is 3. The van der Waals surface area contributed by atoms with Crippen molar-refractivity contribution in [3.63, 3.8) is 0 Å². The molecule has 0 bridgehead atoms. The Morgan fingerprint density at radius 1 is 1.18 bits per heavy atom. The van der Waals surface area contributed by atoms with Crippen molar-refractivity contribution in [2.75, 3.05) is 0 Å². The second-order valence-electron chi connectivity index (χ2n) is 11.7. The highest BCUT2D eigenvalue weighted by atomic mass is 35.5. The molecule has 13 heteroatoms. The molecule has 2 saturated carbocycles. The fourth-order valence-corrected chi connectivity index (χ4v) is 8.39. The summed E-state index contributed by atoms with van der Waals surface area (Å²) in [6.45, 7) is 4.90. The number of carbonyl (C=O) groups is 2. The number of rotatable bonds is 9. The summed E-state index contributed by atoms with van der Waals surface area (Å²) in [6.07, 6.45) is 3.24. The average molecular weight is 618 g/mol. The third-order valence-corrected chi connectivity index (χ3v) is 10.7. The fourth-order valence-electron chi connectivity index (χ4n) is 5.30. The second kappa shape index (κ2) is 12.0.